The van der Waals surface area contributed by atoms with E-state index in [1.165, 1.54) is 5.57 Å². The predicted molar refractivity (Wildman–Crippen MR) is 128 cm³/mol. The number of pyridine rings is 1. The van der Waals surface area contributed by atoms with Crippen LogP contribution in [0.4, 0.5) is 11.5 Å². The summed E-state index contributed by atoms with van der Waals surface area (Å²) in [5, 5.41) is 2.88. The van der Waals surface area contributed by atoms with Crippen LogP contribution >= 0.6 is 0 Å². The van der Waals surface area contributed by atoms with Gasteiger partial charge in [0, 0.05) is 49.6 Å². The van der Waals surface area contributed by atoms with Gasteiger partial charge in [0.2, 0.25) is 11.8 Å². The van der Waals surface area contributed by atoms with Crippen molar-refractivity contribution in [3.63, 3.8) is 0 Å². The van der Waals surface area contributed by atoms with Crippen molar-refractivity contribution in [2.45, 2.75) is 25.7 Å². The van der Waals surface area contributed by atoms with E-state index in [-0.39, 0.29) is 12.5 Å². The van der Waals surface area contributed by atoms with Crippen LogP contribution < -0.4 is 15.0 Å². The molecule has 2 aromatic rings. The number of carbonyl (C=O) groups excluding carboxylic acids is 1. The molecule has 0 saturated heterocycles. The van der Waals surface area contributed by atoms with Crippen LogP contribution in [-0.4, -0.2) is 66.6 Å². The topological polar surface area (TPSA) is 105 Å². The first kappa shape index (κ1) is 21.2. The summed E-state index contributed by atoms with van der Waals surface area (Å²) in [5.74, 6) is 2.23. The average molecular weight is 446 g/mol. The zero-order valence-corrected chi connectivity index (χ0v) is 18.9. The van der Waals surface area contributed by atoms with Gasteiger partial charge in [-0.1, -0.05) is 0 Å². The molecule has 170 valence electrons. The summed E-state index contributed by atoms with van der Waals surface area (Å²) in [4.78, 5) is 37.6. The highest BCUT2D eigenvalue weighted by molar-refractivity contribution is 6.10. The minimum absolute atomic E-state index is 0.144. The molecule has 0 radical (unpaired) electrons. The Morgan fingerprint density at radius 3 is 3.00 bits per heavy atom. The van der Waals surface area contributed by atoms with E-state index in [1.807, 2.05) is 18.2 Å². The number of aromatic nitrogens is 3. The monoisotopic (exact) mass is 445 g/mol. The number of dihydropyridines is 1. The zero-order valence-electron chi connectivity index (χ0n) is 18.9. The number of nitrogens with zero attached hydrogens (tertiary/aromatic N) is 6. The van der Waals surface area contributed by atoms with Crippen molar-refractivity contribution in [2.24, 2.45) is 15.9 Å². The molecule has 0 fully saturated rings. The number of rotatable bonds is 6. The molecular formula is C24H27N7O2. The molecule has 9 heteroatoms. The number of anilines is 2. The standard InChI is InChI=1S/C24H27N7O2/c1-31(14-21(32)28-17-6-7-22(33-2)27-13-17)24-18-4-3-5-19(18)29-23(30-24)20-10-16-11-25-9-8-15(16)12-26-20/h6-7,10-11,13,15H,3-5,8-9,12,14H2,1-2H3,(H,28,32). The van der Waals surface area contributed by atoms with Crippen LogP contribution in [0.15, 0.2) is 40.0 Å². The van der Waals surface area contributed by atoms with Crippen LogP contribution in [-0.2, 0) is 17.6 Å². The van der Waals surface area contributed by atoms with Gasteiger partial charge < -0.3 is 15.0 Å². The maximum Gasteiger partial charge on any atom is 0.243 e. The number of allylic oxidation sites excluding steroid dienone is 1. The third-order valence-corrected chi connectivity index (χ3v) is 6.22. The third-order valence-electron chi connectivity index (χ3n) is 6.22. The van der Waals surface area contributed by atoms with E-state index in [9.17, 15) is 4.79 Å². The number of amides is 1. The van der Waals surface area contributed by atoms with Crippen molar-refractivity contribution < 1.29 is 9.53 Å². The zero-order chi connectivity index (χ0) is 22.8. The number of likely N-dealkylation sites (N-methyl/N-ethyl adjacent to an activating group) is 1. The van der Waals surface area contributed by atoms with Crippen LogP contribution in [0.2, 0.25) is 0 Å². The molecule has 33 heavy (non-hydrogen) atoms. The first-order valence-corrected chi connectivity index (χ1v) is 11.3. The van der Waals surface area contributed by atoms with Crippen molar-refractivity contribution in [2.75, 3.05) is 44.0 Å². The maximum atomic E-state index is 12.7. The number of hydrogen-bond acceptors (Lipinski definition) is 8. The van der Waals surface area contributed by atoms with Crippen molar-refractivity contribution >= 4 is 29.3 Å². The minimum atomic E-state index is -0.144. The average Bonchev–Trinajstić information content (AvgIpc) is 3.32. The van der Waals surface area contributed by atoms with Crippen LogP contribution in [0.25, 0.3) is 0 Å². The van der Waals surface area contributed by atoms with Gasteiger partial charge in [-0.3, -0.25) is 14.8 Å². The van der Waals surface area contributed by atoms with E-state index in [0.717, 1.165) is 61.6 Å². The Bertz CT molecular complexity index is 1150. The molecule has 0 aromatic carbocycles. The second kappa shape index (κ2) is 9.09. The smallest absolute Gasteiger partial charge is 0.243 e. The summed E-state index contributed by atoms with van der Waals surface area (Å²) in [7, 11) is 3.45. The number of ether oxygens (including phenoxy) is 1. The van der Waals surface area contributed by atoms with Gasteiger partial charge in [0.15, 0.2) is 5.82 Å². The molecule has 9 nitrogen and oxygen atoms in total. The predicted octanol–water partition coefficient (Wildman–Crippen LogP) is 2.26. The highest BCUT2D eigenvalue weighted by Gasteiger charge is 2.26. The van der Waals surface area contributed by atoms with E-state index >= 15 is 0 Å². The quantitative estimate of drug-likeness (QED) is 0.731. The fourth-order valence-electron chi connectivity index (χ4n) is 4.48. The van der Waals surface area contributed by atoms with Crippen molar-refractivity contribution in [1.82, 2.24) is 15.0 Å². The minimum Gasteiger partial charge on any atom is -0.481 e. The number of methoxy groups -OCH3 is 1. The summed E-state index contributed by atoms with van der Waals surface area (Å²) < 4.78 is 5.06. The summed E-state index contributed by atoms with van der Waals surface area (Å²) in [5.41, 5.74) is 4.81. The first-order chi connectivity index (χ1) is 16.1. The number of hydrogen-bond donors (Lipinski definition) is 1. The van der Waals surface area contributed by atoms with Crippen LogP contribution in [0.5, 0.6) is 5.88 Å². The maximum absolute atomic E-state index is 12.7. The molecule has 5 rings (SSSR count). The SMILES string of the molecule is COc1ccc(NC(=O)CN(C)c2nc(C3=NCC4CCN=CC4=C3)nc3c2CCC3)cn1. The summed E-state index contributed by atoms with van der Waals surface area (Å²) in [6.07, 6.45) is 9.53. The molecule has 4 heterocycles. The third kappa shape index (κ3) is 4.48. The molecule has 0 bridgehead atoms. The van der Waals surface area contributed by atoms with Gasteiger partial charge in [0.1, 0.15) is 11.5 Å². The van der Waals surface area contributed by atoms with Gasteiger partial charge >= 0.3 is 0 Å². The van der Waals surface area contributed by atoms with Gasteiger partial charge in [-0.25, -0.2) is 15.0 Å². The number of carbonyl (C=O) groups is 1. The Morgan fingerprint density at radius 2 is 2.18 bits per heavy atom. The molecule has 2 aliphatic heterocycles. The van der Waals surface area contributed by atoms with Gasteiger partial charge in [-0.15, -0.1) is 0 Å². The van der Waals surface area contributed by atoms with E-state index in [1.54, 1.807) is 25.4 Å². The molecule has 2 aromatic heterocycles. The molecule has 1 aliphatic carbocycles. The fourth-order valence-corrected chi connectivity index (χ4v) is 4.48. The largest absolute Gasteiger partial charge is 0.481 e. The van der Waals surface area contributed by atoms with Crippen LogP contribution in [0.3, 0.4) is 0 Å². The molecule has 1 N–H and O–H groups in total. The Labute approximate surface area is 192 Å². The Kier molecular flexibility index (Phi) is 5.85. The van der Waals surface area contributed by atoms with Crippen molar-refractivity contribution in [3.8, 4) is 5.88 Å². The number of nitrogens with one attached hydrogen (secondary N) is 1. The molecule has 1 atom stereocenters. The van der Waals surface area contributed by atoms with E-state index < -0.39 is 0 Å². The first-order valence-electron chi connectivity index (χ1n) is 11.3. The fraction of sp³-hybridized carbons (Fsp3) is 0.417. The Hall–Kier alpha value is -3.62. The van der Waals surface area contributed by atoms with Crippen molar-refractivity contribution in [3.05, 3.63) is 47.1 Å². The molecular weight excluding hydrogens is 418 g/mol. The van der Waals surface area contributed by atoms with E-state index in [2.05, 4.69) is 21.4 Å². The summed E-state index contributed by atoms with van der Waals surface area (Å²) in [6.45, 7) is 1.78. The second-order valence-corrected chi connectivity index (χ2v) is 8.53. The Balaban J connectivity index is 1.36. The highest BCUT2D eigenvalue weighted by Crippen LogP contribution is 2.30. The van der Waals surface area contributed by atoms with E-state index in [4.69, 9.17) is 19.7 Å². The van der Waals surface area contributed by atoms with Gasteiger partial charge in [-0.05, 0) is 43.4 Å². The molecule has 1 unspecified atom stereocenters. The van der Waals surface area contributed by atoms with Gasteiger partial charge in [-0.2, -0.15) is 0 Å². The summed E-state index contributed by atoms with van der Waals surface area (Å²) in [6, 6.07) is 3.48. The van der Waals surface area contributed by atoms with Crippen molar-refractivity contribution in [1.29, 1.82) is 0 Å². The molecule has 0 saturated carbocycles. The van der Waals surface area contributed by atoms with Crippen LogP contribution in [0.1, 0.15) is 29.9 Å². The number of fused-ring (bicyclic) bond motifs is 2. The molecule has 1 amide bonds. The number of aryl methyl sites for hydroxylation is 1. The molecule has 0 spiro atoms. The van der Waals surface area contributed by atoms with Crippen LogP contribution in [0, 0.1) is 5.92 Å². The lowest BCUT2D eigenvalue weighted by molar-refractivity contribution is -0.114. The summed E-state index contributed by atoms with van der Waals surface area (Å²) >= 11 is 0. The number of aliphatic imine (C=N–C) groups is 2. The highest BCUT2D eigenvalue weighted by atomic mass is 16.5. The van der Waals surface area contributed by atoms with E-state index in [0.29, 0.717) is 23.3 Å². The molecule has 3 aliphatic rings. The lowest BCUT2D eigenvalue weighted by Crippen LogP contribution is -2.32. The lowest BCUT2D eigenvalue weighted by Gasteiger charge is -2.24. The normalized spacial score (nSPS) is 18.7. The second-order valence-electron chi connectivity index (χ2n) is 8.53. The Morgan fingerprint density at radius 1 is 1.27 bits per heavy atom. The van der Waals surface area contributed by atoms with Gasteiger partial charge in [0.25, 0.3) is 0 Å². The van der Waals surface area contributed by atoms with Gasteiger partial charge in [0.05, 0.1) is 25.5 Å². The lowest BCUT2D eigenvalue weighted by atomic mass is 9.91.